The third-order valence-electron chi connectivity index (χ3n) is 4.49. The van der Waals surface area contributed by atoms with Crippen LogP contribution in [0, 0.1) is 0 Å². The molecule has 1 aromatic carbocycles. The van der Waals surface area contributed by atoms with Crippen molar-refractivity contribution in [2.45, 2.75) is 15.0 Å². The summed E-state index contributed by atoms with van der Waals surface area (Å²) in [5.41, 5.74) is 18.8. The Kier molecular flexibility index (Phi) is 5.20. The largest absolute Gasteiger partial charge is 0.382 e. The summed E-state index contributed by atoms with van der Waals surface area (Å²) >= 11 is 1.43. The van der Waals surface area contributed by atoms with Gasteiger partial charge in [0.2, 0.25) is 10.0 Å². The Morgan fingerprint density at radius 1 is 1.24 bits per heavy atom. The number of hydrazone groups is 1. The second-order valence-electron chi connectivity index (χ2n) is 6.34. The molecule has 11 N–H and O–H groups in total. The minimum atomic E-state index is -4.14. The number of hydrogen-bond donors (Lipinski definition) is 8. The molecule has 14 heteroatoms. The highest BCUT2D eigenvalue weighted by Crippen LogP contribution is 2.41. The van der Waals surface area contributed by atoms with Crippen LogP contribution in [-0.4, -0.2) is 37.6 Å². The number of primary sulfonamides is 1. The first-order chi connectivity index (χ1) is 13.9. The predicted octanol–water partition coefficient (Wildman–Crippen LogP) is -1.20. The fourth-order valence-corrected chi connectivity index (χ4v) is 5.59. The lowest BCUT2D eigenvalue weighted by molar-refractivity contribution is 0.543. The van der Waals surface area contributed by atoms with Crippen molar-refractivity contribution in [2.75, 3.05) is 23.9 Å². The first-order valence-corrected chi connectivity index (χ1v) is 11.0. The van der Waals surface area contributed by atoms with Gasteiger partial charge < -0.3 is 11.1 Å². The van der Waals surface area contributed by atoms with Crippen LogP contribution in [0.5, 0.6) is 0 Å². The van der Waals surface area contributed by atoms with Crippen LogP contribution in [0.4, 0.5) is 11.5 Å². The highest BCUT2D eigenvalue weighted by atomic mass is 32.2. The van der Waals surface area contributed by atoms with Crippen molar-refractivity contribution in [3.05, 3.63) is 30.0 Å². The average Bonchev–Trinajstić information content (AvgIpc) is 3.12. The van der Waals surface area contributed by atoms with Gasteiger partial charge in [-0.2, -0.15) is 0 Å². The topological polar surface area (TPSA) is 198 Å². The third kappa shape index (κ3) is 3.68. The standard InChI is InChI=1S/C15H20N10O2S2/c16-14(22-24-17)11-8(9-3-4-20-15-12(9)21-25-23-15)1-2-10(13(11)29(18,26)27)28-7-5-19-6-7/h1-4,7,19,21,24-25H,5-6,17H2,(H2,16,22)(H,20,23)(H2,18,26,27). The molecule has 0 aliphatic carbocycles. The van der Waals surface area contributed by atoms with Gasteiger partial charge >= 0.3 is 0 Å². The Balaban J connectivity index is 1.99. The maximum absolute atomic E-state index is 12.6. The summed E-state index contributed by atoms with van der Waals surface area (Å²) in [6.45, 7) is 1.55. The molecule has 154 valence electrons. The summed E-state index contributed by atoms with van der Waals surface area (Å²) in [7, 11) is -4.14. The highest BCUT2D eigenvalue weighted by Gasteiger charge is 2.30. The number of sulfonamides is 1. The fourth-order valence-electron chi connectivity index (χ4n) is 3.13. The van der Waals surface area contributed by atoms with E-state index in [1.54, 1.807) is 24.4 Å². The van der Waals surface area contributed by atoms with Crippen LogP contribution < -0.4 is 44.0 Å². The van der Waals surface area contributed by atoms with Crippen molar-refractivity contribution in [1.29, 1.82) is 0 Å². The summed E-state index contributed by atoms with van der Waals surface area (Å²) in [4.78, 5) is 4.63. The van der Waals surface area contributed by atoms with Gasteiger partial charge in [0.15, 0.2) is 11.7 Å². The second kappa shape index (κ2) is 7.66. The van der Waals surface area contributed by atoms with Crippen molar-refractivity contribution >= 4 is 39.1 Å². The van der Waals surface area contributed by atoms with Gasteiger partial charge in [0.1, 0.15) is 10.6 Å². The van der Waals surface area contributed by atoms with Gasteiger partial charge in [-0.25, -0.2) is 29.9 Å². The summed E-state index contributed by atoms with van der Waals surface area (Å²) in [5, 5.41) is 12.8. The monoisotopic (exact) mass is 436 g/mol. The average molecular weight is 437 g/mol. The molecular formula is C15H20N10O2S2. The lowest BCUT2D eigenvalue weighted by atomic mass is 9.98. The van der Waals surface area contributed by atoms with Crippen LogP contribution in [0.25, 0.3) is 11.1 Å². The number of nitrogens with two attached hydrogens (primary N) is 3. The first kappa shape index (κ1) is 19.7. The molecular weight excluding hydrogens is 416 g/mol. The molecule has 0 bridgehead atoms. The number of pyridine rings is 1. The number of amidine groups is 1. The molecule has 0 atom stereocenters. The Labute approximate surface area is 171 Å². The van der Waals surface area contributed by atoms with E-state index in [9.17, 15) is 8.42 Å². The van der Waals surface area contributed by atoms with E-state index < -0.39 is 10.0 Å². The fraction of sp³-hybridized carbons (Fsp3) is 0.200. The van der Waals surface area contributed by atoms with E-state index in [0.29, 0.717) is 27.5 Å². The van der Waals surface area contributed by atoms with Crippen molar-refractivity contribution in [3.8, 4) is 11.1 Å². The normalized spacial score (nSPS) is 16.6. The number of hydrogen-bond acceptors (Lipinski definition) is 11. The maximum atomic E-state index is 12.6. The molecule has 1 fully saturated rings. The minimum Gasteiger partial charge on any atom is -0.382 e. The Morgan fingerprint density at radius 3 is 2.69 bits per heavy atom. The van der Waals surface area contributed by atoms with Crippen LogP contribution in [-0.2, 0) is 10.0 Å². The molecule has 4 rings (SSSR count). The van der Waals surface area contributed by atoms with Crippen molar-refractivity contribution in [2.24, 2.45) is 21.8 Å². The van der Waals surface area contributed by atoms with Gasteiger partial charge in [-0.05, 0) is 17.7 Å². The first-order valence-electron chi connectivity index (χ1n) is 8.53. The minimum absolute atomic E-state index is 0.0899. The van der Waals surface area contributed by atoms with Gasteiger partial charge in [0.05, 0.1) is 0 Å². The molecule has 0 amide bonds. The number of nitrogens with zero attached hydrogens (tertiary/aromatic N) is 2. The number of hydrazine groups is 3. The predicted molar refractivity (Wildman–Crippen MR) is 112 cm³/mol. The molecule has 0 spiro atoms. The molecule has 2 aliphatic rings. The summed E-state index contributed by atoms with van der Waals surface area (Å²) < 4.78 is 25.2. The van der Waals surface area contributed by atoms with Crippen LogP contribution in [0.1, 0.15) is 5.56 Å². The van der Waals surface area contributed by atoms with E-state index in [1.165, 1.54) is 11.8 Å². The van der Waals surface area contributed by atoms with E-state index in [-0.39, 0.29) is 21.5 Å². The zero-order chi connectivity index (χ0) is 20.6. The maximum Gasteiger partial charge on any atom is 0.239 e. The van der Waals surface area contributed by atoms with Gasteiger partial charge in [-0.1, -0.05) is 6.07 Å². The SMILES string of the molecule is NN/N=C(\N)c1c(-c2ccnc3c2NNN3)ccc(SC2CNC2)c1S(N)(=O)=O. The van der Waals surface area contributed by atoms with Gasteiger partial charge in [-0.15, -0.1) is 22.4 Å². The molecule has 12 nitrogen and oxygen atoms in total. The zero-order valence-corrected chi connectivity index (χ0v) is 16.7. The van der Waals surface area contributed by atoms with Crippen molar-refractivity contribution < 1.29 is 8.42 Å². The van der Waals surface area contributed by atoms with Crippen LogP contribution in [0.3, 0.4) is 0 Å². The summed E-state index contributed by atoms with van der Waals surface area (Å²) in [5.74, 6) is 5.75. The molecule has 3 heterocycles. The van der Waals surface area contributed by atoms with E-state index in [4.69, 9.17) is 16.7 Å². The molecule has 1 saturated heterocycles. The summed E-state index contributed by atoms with van der Waals surface area (Å²) in [6, 6.07) is 5.25. The lowest BCUT2D eigenvalue weighted by Gasteiger charge is -2.27. The molecule has 2 aliphatic heterocycles. The lowest BCUT2D eigenvalue weighted by Crippen LogP contribution is -2.44. The number of aromatic nitrogens is 1. The molecule has 0 saturated carbocycles. The number of rotatable bonds is 6. The van der Waals surface area contributed by atoms with Gasteiger partial charge in [0, 0.05) is 40.6 Å². The third-order valence-corrected chi connectivity index (χ3v) is 6.88. The number of fused-ring (bicyclic) bond motifs is 1. The van der Waals surface area contributed by atoms with Crippen LogP contribution in [0.15, 0.2) is 39.3 Å². The smallest absolute Gasteiger partial charge is 0.239 e. The molecule has 1 aromatic heterocycles. The van der Waals surface area contributed by atoms with E-state index in [0.717, 1.165) is 13.1 Å². The van der Waals surface area contributed by atoms with Crippen LogP contribution in [0.2, 0.25) is 0 Å². The second-order valence-corrected chi connectivity index (χ2v) is 9.18. The Hall–Kier alpha value is -2.62. The highest BCUT2D eigenvalue weighted by molar-refractivity contribution is 8.00. The van der Waals surface area contributed by atoms with Gasteiger partial charge in [0.25, 0.3) is 0 Å². The molecule has 2 aromatic rings. The molecule has 0 unspecified atom stereocenters. The quantitative estimate of drug-likeness (QED) is 0.117. The Morgan fingerprint density at radius 2 is 2.03 bits per heavy atom. The summed E-state index contributed by atoms with van der Waals surface area (Å²) in [6.07, 6.45) is 1.59. The van der Waals surface area contributed by atoms with E-state index >= 15 is 0 Å². The zero-order valence-electron chi connectivity index (χ0n) is 15.1. The molecule has 29 heavy (non-hydrogen) atoms. The van der Waals surface area contributed by atoms with Crippen molar-refractivity contribution in [3.63, 3.8) is 0 Å². The van der Waals surface area contributed by atoms with E-state index in [1.807, 2.05) is 0 Å². The molecule has 0 radical (unpaired) electrons. The number of nitrogens with one attached hydrogen (secondary N) is 5. The van der Waals surface area contributed by atoms with Crippen LogP contribution >= 0.6 is 11.8 Å². The number of thioether (sulfide) groups is 1. The van der Waals surface area contributed by atoms with Gasteiger partial charge in [-0.3, -0.25) is 10.9 Å². The van der Waals surface area contributed by atoms with E-state index in [2.05, 4.69) is 37.3 Å². The number of anilines is 2. The Bertz CT molecular complexity index is 1080. The number of benzene rings is 1. The van der Waals surface area contributed by atoms with Crippen molar-refractivity contribution in [1.82, 2.24) is 21.4 Å².